The van der Waals surface area contributed by atoms with E-state index in [-0.39, 0.29) is 30.7 Å². The van der Waals surface area contributed by atoms with Crippen LogP contribution in [0.1, 0.15) is 37.7 Å². The topological polar surface area (TPSA) is 58.6 Å². The number of aliphatic hydroxyl groups excluding tert-OH is 1. The van der Waals surface area contributed by atoms with Crippen LogP contribution in [0.3, 0.4) is 0 Å². The first-order chi connectivity index (χ1) is 11.4. The number of nitrogens with one attached hydrogen (secondary N) is 1. The lowest BCUT2D eigenvalue weighted by atomic mass is 9.89. The fourth-order valence-electron chi connectivity index (χ4n) is 2.74. The lowest BCUT2D eigenvalue weighted by molar-refractivity contribution is -0.137. The van der Waals surface area contributed by atoms with Crippen molar-refractivity contribution in [1.82, 2.24) is 5.32 Å². The highest BCUT2D eigenvalue weighted by Crippen LogP contribution is 2.31. The van der Waals surface area contributed by atoms with Gasteiger partial charge in [-0.2, -0.15) is 13.2 Å². The van der Waals surface area contributed by atoms with Crippen molar-refractivity contribution in [3.8, 4) is 5.75 Å². The quantitative estimate of drug-likeness (QED) is 0.833. The minimum atomic E-state index is -4.44. The predicted octanol–water partition coefficient (Wildman–Crippen LogP) is 3.14. The van der Waals surface area contributed by atoms with Gasteiger partial charge >= 0.3 is 6.18 Å². The summed E-state index contributed by atoms with van der Waals surface area (Å²) in [5.41, 5.74) is -0.805. The number of carbonyl (C=O) groups is 1. The molecule has 1 aliphatic carbocycles. The van der Waals surface area contributed by atoms with Crippen molar-refractivity contribution in [1.29, 1.82) is 0 Å². The third-order valence-electron chi connectivity index (χ3n) is 4.09. The summed E-state index contributed by atoms with van der Waals surface area (Å²) in [5, 5.41) is 12.5. The van der Waals surface area contributed by atoms with Gasteiger partial charge in [-0.1, -0.05) is 25.3 Å². The standard InChI is InChI=1S/C17H22F3NO3/c18-17(19,20)13-7-4-8-15(9-13)24-11-14(22)10-21-16(23)12-5-2-1-3-6-12/h4,7-9,12,14,22H,1-3,5-6,10-11H2,(H,21,23). The predicted molar refractivity (Wildman–Crippen MR) is 82.5 cm³/mol. The molecule has 1 aromatic rings. The Morgan fingerprint density at radius 2 is 2.00 bits per heavy atom. The zero-order chi connectivity index (χ0) is 17.6. The number of ether oxygens (including phenoxy) is 1. The summed E-state index contributed by atoms with van der Waals surface area (Å²) in [7, 11) is 0. The number of carbonyl (C=O) groups excluding carboxylic acids is 1. The van der Waals surface area contributed by atoms with Crippen LogP contribution in [0.2, 0.25) is 0 Å². The Labute approximate surface area is 139 Å². The van der Waals surface area contributed by atoms with Crippen LogP contribution in [-0.2, 0) is 11.0 Å². The molecule has 1 saturated carbocycles. The molecular weight excluding hydrogens is 323 g/mol. The van der Waals surface area contributed by atoms with Crippen LogP contribution in [0.15, 0.2) is 24.3 Å². The first-order valence-electron chi connectivity index (χ1n) is 8.12. The summed E-state index contributed by atoms with van der Waals surface area (Å²) in [5.74, 6) is -0.0503. The van der Waals surface area contributed by atoms with E-state index in [1.807, 2.05) is 0 Å². The maximum Gasteiger partial charge on any atom is 0.416 e. The van der Waals surface area contributed by atoms with Crippen molar-refractivity contribution in [3.05, 3.63) is 29.8 Å². The van der Waals surface area contributed by atoms with Crippen LogP contribution in [0.4, 0.5) is 13.2 Å². The van der Waals surface area contributed by atoms with Crippen LogP contribution < -0.4 is 10.1 Å². The molecule has 1 unspecified atom stereocenters. The Balaban J connectivity index is 1.75. The number of hydrogen-bond donors (Lipinski definition) is 2. The number of halogens is 3. The smallest absolute Gasteiger partial charge is 0.416 e. The van der Waals surface area contributed by atoms with Gasteiger partial charge in [-0.25, -0.2) is 0 Å². The molecular formula is C17H22F3NO3. The first kappa shape index (κ1) is 18.6. The van der Waals surface area contributed by atoms with Gasteiger partial charge in [0, 0.05) is 12.5 Å². The molecule has 0 radical (unpaired) electrons. The molecule has 0 bridgehead atoms. The molecule has 0 aromatic heterocycles. The number of aliphatic hydroxyl groups is 1. The Hall–Kier alpha value is -1.76. The van der Waals surface area contributed by atoms with Crippen LogP contribution in [0, 0.1) is 5.92 Å². The molecule has 0 spiro atoms. The maximum atomic E-state index is 12.6. The second-order valence-electron chi connectivity index (χ2n) is 6.07. The van der Waals surface area contributed by atoms with Crippen molar-refractivity contribution >= 4 is 5.91 Å². The van der Waals surface area contributed by atoms with Gasteiger partial charge in [-0.05, 0) is 31.0 Å². The minimum absolute atomic E-state index is 0.00432. The van der Waals surface area contributed by atoms with E-state index in [0.29, 0.717) is 0 Å². The average molecular weight is 345 g/mol. The van der Waals surface area contributed by atoms with E-state index >= 15 is 0 Å². The Morgan fingerprint density at radius 3 is 2.67 bits per heavy atom. The Bertz CT molecular complexity index is 542. The van der Waals surface area contributed by atoms with E-state index in [1.165, 1.54) is 12.1 Å². The lowest BCUT2D eigenvalue weighted by Gasteiger charge is -2.21. The zero-order valence-corrected chi connectivity index (χ0v) is 13.3. The number of amides is 1. The highest BCUT2D eigenvalue weighted by atomic mass is 19.4. The number of benzene rings is 1. The molecule has 1 fully saturated rings. The fraction of sp³-hybridized carbons (Fsp3) is 0.588. The molecule has 4 nitrogen and oxygen atoms in total. The van der Waals surface area contributed by atoms with E-state index in [2.05, 4.69) is 5.32 Å². The second kappa shape index (κ2) is 8.37. The summed E-state index contributed by atoms with van der Waals surface area (Å²) in [6.45, 7) is -0.166. The SMILES string of the molecule is O=C(NCC(O)COc1cccc(C(F)(F)F)c1)C1CCCCC1. The monoisotopic (exact) mass is 345 g/mol. The third-order valence-corrected chi connectivity index (χ3v) is 4.09. The highest BCUT2D eigenvalue weighted by molar-refractivity contribution is 5.78. The summed E-state index contributed by atoms with van der Waals surface area (Å²) >= 11 is 0. The van der Waals surface area contributed by atoms with Gasteiger partial charge in [0.05, 0.1) is 5.56 Å². The van der Waals surface area contributed by atoms with Gasteiger partial charge in [0.2, 0.25) is 5.91 Å². The molecule has 0 aliphatic heterocycles. The van der Waals surface area contributed by atoms with Crippen LogP contribution >= 0.6 is 0 Å². The summed E-state index contributed by atoms with van der Waals surface area (Å²) in [6.07, 6.45) is -0.459. The minimum Gasteiger partial charge on any atom is -0.491 e. The number of rotatable bonds is 6. The normalized spacial score (nSPS) is 17.3. The van der Waals surface area contributed by atoms with Crippen molar-refractivity contribution < 1.29 is 27.8 Å². The van der Waals surface area contributed by atoms with Gasteiger partial charge in [-0.15, -0.1) is 0 Å². The molecule has 134 valence electrons. The van der Waals surface area contributed by atoms with Crippen LogP contribution in [0.25, 0.3) is 0 Å². The summed E-state index contributed by atoms with van der Waals surface area (Å²) < 4.78 is 43.0. The molecule has 1 atom stereocenters. The Morgan fingerprint density at radius 1 is 1.29 bits per heavy atom. The molecule has 0 heterocycles. The molecule has 1 amide bonds. The second-order valence-corrected chi connectivity index (χ2v) is 6.07. The largest absolute Gasteiger partial charge is 0.491 e. The van der Waals surface area contributed by atoms with E-state index in [4.69, 9.17) is 4.74 Å². The van der Waals surface area contributed by atoms with Gasteiger partial charge < -0.3 is 15.2 Å². The molecule has 1 aromatic carbocycles. The third kappa shape index (κ3) is 5.70. The molecule has 7 heteroatoms. The van der Waals surface area contributed by atoms with Crippen molar-refractivity contribution in [2.75, 3.05) is 13.2 Å². The number of hydrogen-bond acceptors (Lipinski definition) is 3. The summed E-state index contributed by atoms with van der Waals surface area (Å²) in [4.78, 5) is 11.9. The highest BCUT2D eigenvalue weighted by Gasteiger charge is 2.30. The van der Waals surface area contributed by atoms with E-state index < -0.39 is 17.8 Å². The van der Waals surface area contributed by atoms with Gasteiger partial charge in [-0.3, -0.25) is 4.79 Å². The lowest BCUT2D eigenvalue weighted by Crippen LogP contribution is -2.39. The fourth-order valence-corrected chi connectivity index (χ4v) is 2.74. The van der Waals surface area contributed by atoms with E-state index in [0.717, 1.165) is 44.2 Å². The molecule has 2 rings (SSSR count). The zero-order valence-electron chi connectivity index (χ0n) is 13.3. The van der Waals surface area contributed by atoms with Gasteiger partial charge in [0.1, 0.15) is 18.5 Å². The van der Waals surface area contributed by atoms with Crippen LogP contribution in [0.5, 0.6) is 5.75 Å². The van der Waals surface area contributed by atoms with E-state index in [1.54, 1.807) is 0 Å². The molecule has 0 saturated heterocycles. The first-order valence-corrected chi connectivity index (χ1v) is 8.12. The summed E-state index contributed by atoms with van der Waals surface area (Å²) in [6, 6.07) is 4.47. The maximum absolute atomic E-state index is 12.6. The van der Waals surface area contributed by atoms with Gasteiger partial charge in [0.25, 0.3) is 0 Å². The van der Waals surface area contributed by atoms with Crippen molar-refractivity contribution in [2.45, 2.75) is 44.4 Å². The molecule has 2 N–H and O–H groups in total. The van der Waals surface area contributed by atoms with Crippen LogP contribution in [-0.4, -0.2) is 30.3 Å². The number of alkyl halides is 3. The Kier molecular flexibility index (Phi) is 6.48. The van der Waals surface area contributed by atoms with E-state index in [9.17, 15) is 23.1 Å². The van der Waals surface area contributed by atoms with Gasteiger partial charge in [0.15, 0.2) is 0 Å². The van der Waals surface area contributed by atoms with Crippen molar-refractivity contribution in [3.63, 3.8) is 0 Å². The molecule has 24 heavy (non-hydrogen) atoms. The van der Waals surface area contributed by atoms with Crippen molar-refractivity contribution in [2.24, 2.45) is 5.92 Å². The average Bonchev–Trinajstić information content (AvgIpc) is 2.58. The molecule has 1 aliphatic rings.